The maximum absolute atomic E-state index is 2.39. The van der Waals surface area contributed by atoms with Crippen molar-refractivity contribution < 1.29 is 0 Å². The number of rotatable bonds is 1. The van der Waals surface area contributed by atoms with Crippen LogP contribution >= 0.6 is 0 Å². The highest BCUT2D eigenvalue weighted by Gasteiger charge is 2.21. The zero-order valence-corrected chi connectivity index (χ0v) is 11.2. The fraction of sp³-hybridized carbons (Fsp3) is 0.333. The van der Waals surface area contributed by atoms with Crippen LogP contribution in [0.15, 0.2) is 42.5 Å². The van der Waals surface area contributed by atoms with Crippen molar-refractivity contribution in [2.24, 2.45) is 0 Å². The van der Waals surface area contributed by atoms with Crippen molar-refractivity contribution in [2.75, 3.05) is 0 Å². The number of benzene rings is 2. The predicted octanol–water partition coefficient (Wildman–Crippen LogP) is 4.77. The van der Waals surface area contributed by atoms with Crippen LogP contribution in [-0.4, -0.2) is 0 Å². The quantitative estimate of drug-likeness (QED) is 0.669. The first-order valence-electron chi connectivity index (χ1n) is 6.90. The summed E-state index contributed by atoms with van der Waals surface area (Å²) in [4.78, 5) is 0. The molecule has 2 aromatic rings. The third kappa shape index (κ3) is 2.08. The maximum Gasteiger partial charge on any atom is 0.00922 e. The Kier molecular flexibility index (Phi) is 2.95. The summed E-state index contributed by atoms with van der Waals surface area (Å²) < 4.78 is 0. The number of hydrogen-bond donors (Lipinski definition) is 0. The van der Waals surface area contributed by atoms with E-state index in [1.165, 1.54) is 36.0 Å². The van der Waals surface area contributed by atoms with Gasteiger partial charge in [0.15, 0.2) is 0 Å². The Bertz CT molecular complexity index is 549. The molecule has 0 spiro atoms. The molecule has 1 unspecified atom stereocenters. The second-order valence-electron chi connectivity index (χ2n) is 5.56. The highest BCUT2D eigenvalue weighted by molar-refractivity contribution is 5.42. The molecule has 0 nitrogen and oxygen atoms in total. The third-order valence-corrected chi connectivity index (χ3v) is 4.10. The van der Waals surface area contributed by atoms with Crippen LogP contribution < -0.4 is 0 Å². The zero-order chi connectivity index (χ0) is 12.5. The molecule has 18 heavy (non-hydrogen) atoms. The van der Waals surface area contributed by atoms with E-state index in [1.54, 1.807) is 11.1 Å². The van der Waals surface area contributed by atoms with Gasteiger partial charge >= 0.3 is 0 Å². The molecular weight excluding hydrogens is 216 g/mol. The van der Waals surface area contributed by atoms with Gasteiger partial charge in [-0.3, -0.25) is 0 Å². The van der Waals surface area contributed by atoms with Gasteiger partial charge in [0, 0.05) is 5.92 Å². The van der Waals surface area contributed by atoms with E-state index in [1.807, 2.05) is 0 Å². The van der Waals surface area contributed by atoms with Crippen LogP contribution in [0.3, 0.4) is 0 Å². The molecule has 0 N–H and O–H groups in total. The molecule has 0 saturated heterocycles. The Balaban J connectivity index is 2.05. The highest BCUT2D eigenvalue weighted by atomic mass is 14.3. The van der Waals surface area contributed by atoms with Crippen molar-refractivity contribution in [1.29, 1.82) is 0 Å². The maximum atomic E-state index is 2.39. The molecule has 0 aliphatic heterocycles. The summed E-state index contributed by atoms with van der Waals surface area (Å²) in [6.45, 7) is 4.35. The molecule has 92 valence electrons. The van der Waals surface area contributed by atoms with Gasteiger partial charge in [-0.1, -0.05) is 53.6 Å². The fourth-order valence-electron chi connectivity index (χ4n) is 3.06. The Labute approximate surface area is 110 Å². The average Bonchev–Trinajstić information content (AvgIpc) is 2.39. The lowest BCUT2D eigenvalue weighted by atomic mass is 9.78. The van der Waals surface area contributed by atoms with Crippen LogP contribution in [0.4, 0.5) is 0 Å². The molecule has 1 atom stereocenters. The van der Waals surface area contributed by atoms with E-state index in [0.29, 0.717) is 5.92 Å². The summed E-state index contributed by atoms with van der Waals surface area (Å²) in [7, 11) is 0. The summed E-state index contributed by atoms with van der Waals surface area (Å²) in [5.74, 6) is 0.606. The first-order chi connectivity index (χ1) is 8.74. The Hall–Kier alpha value is -1.56. The van der Waals surface area contributed by atoms with Crippen LogP contribution in [0.2, 0.25) is 0 Å². The monoisotopic (exact) mass is 236 g/mol. The van der Waals surface area contributed by atoms with E-state index in [-0.39, 0.29) is 0 Å². The van der Waals surface area contributed by atoms with Gasteiger partial charge in [-0.15, -0.1) is 0 Å². The number of fused-ring (bicyclic) bond motifs is 1. The summed E-state index contributed by atoms with van der Waals surface area (Å²) in [6, 6.07) is 16.0. The van der Waals surface area contributed by atoms with Crippen LogP contribution in [0.1, 0.15) is 46.6 Å². The van der Waals surface area contributed by atoms with Gasteiger partial charge in [0.1, 0.15) is 0 Å². The van der Waals surface area contributed by atoms with Crippen LogP contribution in [0.5, 0.6) is 0 Å². The SMILES string of the molecule is Cc1ccc(C2CCCc3ccc(C)cc32)cc1. The van der Waals surface area contributed by atoms with Crippen LogP contribution in [0.25, 0.3) is 0 Å². The van der Waals surface area contributed by atoms with Crippen molar-refractivity contribution in [2.45, 2.75) is 39.0 Å². The molecule has 0 aromatic heterocycles. The molecule has 0 radical (unpaired) electrons. The van der Waals surface area contributed by atoms with Crippen molar-refractivity contribution in [3.05, 3.63) is 70.3 Å². The standard InChI is InChI=1S/C18H20/c1-13-6-9-16(10-7-13)17-5-3-4-15-11-8-14(2)12-18(15)17/h6-12,17H,3-5H2,1-2H3. The lowest BCUT2D eigenvalue weighted by Crippen LogP contribution is -2.11. The molecule has 1 aliphatic carbocycles. The molecule has 0 amide bonds. The predicted molar refractivity (Wildman–Crippen MR) is 77.1 cm³/mol. The minimum absolute atomic E-state index is 0.606. The average molecular weight is 236 g/mol. The molecule has 0 heteroatoms. The Morgan fingerprint density at radius 2 is 1.61 bits per heavy atom. The van der Waals surface area contributed by atoms with Crippen molar-refractivity contribution >= 4 is 0 Å². The van der Waals surface area contributed by atoms with E-state index >= 15 is 0 Å². The largest absolute Gasteiger partial charge is 0.0590 e. The second kappa shape index (κ2) is 4.61. The lowest BCUT2D eigenvalue weighted by molar-refractivity contribution is 0.615. The lowest BCUT2D eigenvalue weighted by Gasteiger charge is -2.26. The first kappa shape index (κ1) is 11.5. The minimum atomic E-state index is 0.606. The van der Waals surface area contributed by atoms with Crippen LogP contribution in [0, 0.1) is 13.8 Å². The summed E-state index contributed by atoms with van der Waals surface area (Å²) in [5, 5.41) is 0. The normalized spacial score (nSPS) is 18.4. The molecular formula is C18H20. The van der Waals surface area contributed by atoms with E-state index in [0.717, 1.165) is 0 Å². The molecule has 2 aromatic carbocycles. The summed E-state index contributed by atoms with van der Waals surface area (Å²) >= 11 is 0. The topological polar surface area (TPSA) is 0 Å². The molecule has 0 saturated carbocycles. The number of hydrogen-bond acceptors (Lipinski definition) is 0. The van der Waals surface area contributed by atoms with Gasteiger partial charge in [0.05, 0.1) is 0 Å². The fourth-order valence-corrected chi connectivity index (χ4v) is 3.06. The molecule has 1 aliphatic rings. The van der Waals surface area contributed by atoms with E-state index in [2.05, 4.69) is 56.3 Å². The third-order valence-electron chi connectivity index (χ3n) is 4.10. The zero-order valence-electron chi connectivity index (χ0n) is 11.2. The summed E-state index contributed by atoms with van der Waals surface area (Å²) in [5.41, 5.74) is 7.32. The van der Waals surface area contributed by atoms with Gasteiger partial charge in [-0.25, -0.2) is 0 Å². The van der Waals surface area contributed by atoms with E-state index in [9.17, 15) is 0 Å². The van der Waals surface area contributed by atoms with E-state index in [4.69, 9.17) is 0 Å². The molecule has 0 bridgehead atoms. The van der Waals surface area contributed by atoms with Gasteiger partial charge in [-0.05, 0) is 49.8 Å². The highest BCUT2D eigenvalue weighted by Crippen LogP contribution is 2.37. The van der Waals surface area contributed by atoms with Crippen molar-refractivity contribution in [3.63, 3.8) is 0 Å². The molecule has 3 rings (SSSR count). The summed E-state index contributed by atoms with van der Waals surface area (Å²) in [6.07, 6.45) is 3.85. The Morgan fingerprint density at radius 1 is 0.889 bits per heavy atom. The minimum Gasteiger partial charge on any atom is -0.0590 e. The molecule has 0 fully saturated rings. The van der Waals surface area contributed by atoms with Crippen molar-refractivity contribution in [3.8, 4) is 0 Å². The van der Waals surface area contributed by atoms with Gasteiger partial charge in [0.2, 0.25) is 0 Å². The van der Waals surface area contributed by atoms with Crippen LogP contribution in [-0.2, 0) is 6.42 Å². The second-order valence-corrected chi connectivity index (χ2v) is 5.56. The van der Waals surface area contributed by atoms with Gasteiger partial charge in [0.25, 0.3) is 0 Å². The van der Waals surface area contributed by atoms with Gasteiger partial charge in [-0.2, -0.15) is 0 Å². The Morgan fingerprint density at radius 3 is 2.39 bits per heavy atom. The number of aryl methyl sites for hydroxylation is 3. The smallest absolute Gasteiger partial charge is 0.00922 e. The van der Waals surface area contributed by atoms with E-state index < -0.39 is 0 Å². The van der Waals surface area contributed by atoms with Crippen molar-refractivity contribution in [1.82, 2.24) is 0 Å². The van der Waals surface area contributed by atoms with Gasteiger partial charge < -0.3 is 0 Å². The first-order valence-corrected chi connectivity index (χ1v) is 6.90. The molecule has 0 heterocycles.